The normalized spacial score (nSPS) is 13.8. The molecule has 0 fully saturated rings. The Hall–Kier alpha value is -1.51. The van der Waals surface area contributed by atoms with Gasteiger partial charge in [0.25, 0.3) is 0 Å². The Morgan fingerprint density at radius 3 is 2.40 bits per heavy atom. The number of benzene rings is 1. The van der Waals surface area contributed by atoms with Gasteiger partial charge in [-0.2, -0.15) is 0 Å². The number of hydrogen-bond acceptors (Lipinski definition) is 3. The molecule has 0 heterocycles. The van der Waals surface area contributed by atoms with Crippen LogP contribution in [0, 0.1) is 0 Å². The van der Waals surface area contributed by atoms with Crippen molar-refractivity contribution in [1.82, 2.24) is 0 Å². The summed E-state index contributed by atoms with van der Waals surface area (Å²) in [5, 5.41) is 10.5. The number of rotatable bonds is 7. The molecule has 0 saturated carbocycles. The number of carbonyl (C=O) groups excluding carboxylic acids is 1. The molecule has 2 unspecified atom stereocenters. The summed E-state index contributed by atoms with van der Waals surface area (Å²) in [5.74, 6) is -0.0993. The van der Waals surface area contributed by atoms with E-state index in [4.69, 9.17) is 4.74 Å². The smallest absolute Gasteiger partial charge is 0.313 e. The van der Waals surface area contributed by atoms with E-state index in [1.54, 1.807) is 0 Å². The number of phenolic OH excluding ortho intramolecular Hbond substituents is 1. The molecule has 0 aromatic heterocycles. The fourth-order valence-corrected chi connectivity index (χ4v) is 2.30. The second kappa shape index (κ2) is 7.93. The van der Waals surface area contributed by atoms with Crippen molar-refractivity contribution in [3.8, 4) is 5.75 Å². The monoisotopic (exact) mass is 278 g/mol. The Bertz CT molecular complexity index is 440. The summed E-state index contributed by atoms with van der Waals surface area (Å²) in [6.07, 6.45) is 2.38. The highest BCUT2D eigenvalue weighted by atomic mass is 16.5. The van der Waals surface area contributed by atoms with Crippen LogP contribution in [-0.2, 0) is 9.53 Å². The van der Waals surface area contributed by atoms with E-state index < -0.39 is 0 Å². The van der Waals surface area contributed by atoms with E-state index in [9.17, 15) is 9.90 Å². The van der Waals surface area contributed by atoms with E-state index in [0.29, 0.717) is 18.6 Å². The minimum atomic E-state index is -0.384. The average molecular weight is 278 g/mol. The third-order valence-electron chi connectivity index (χ3n) is 3.76. The standard InChI is InChI=1S/C17H26O3/c1-5-11-20-17(19)13(7-3)15-10-8-9-14(16(15)18)12(4)6-2/h8-10,12-13,18H,5-7,11H2,1-4H3. The van der Waals surface area contributed by atoms with Crippen LogP contribution in [-0.4, -0.2) is 17.7 Å². The van der Waals surface area contributed by atoms with E-state index in [-0.39, 0.29) is 23.6 Å². The molecule has 3 nitrogen and oxygen atoms in total. The molecule has 0 saturated heterocycles. The van der Waals surface area contributed by atoms with Crippen LogP contribution in [0.15, 0.2) is 18.2 Å². The lowest BCUT2D eigenvalue weighted by Gasteiger charge is -2.19. The van der Waals surface area contributed by atoms with Gasteiger partial charge in [0.05, 0.1) is 12.5 Å². The molecule has 1 N–H and O–H groups in total. The topological polar surface area (TPSA) is 46.5 Å². The molecular formula is C17H26O3. The second-order valence-electron chi connectivity index (χ2n) is 5.22. The minimum absolute atomic E-state index is 0.244. The van der Waals surface area contributed by atoms with E-state index in [1.165, 1.54) is 0 Å². The van der Waals surface area contributed by atoms with Gasteiger partial charge in [-0.15, -0.1) is 0 Å². The van der Waals surface area contributed by atoms with Crippen LogP contribution in [0.5, 0.6) is 5.75 Å². The largest absolute Gasteiger partial charge is 0.507 e. The molecule has 0 bridgehead atoms. The average Bonchev–Trinajstić information content (AvgIpc) is 2.46. The van der Waals surface area contributed by atoms with Gasteiger partial charge in [0.2, 0.25) is 0 Å². The lowest BCUT2D eigenvalue weighted by molar-refractivity contribution is -0.145. The third kappa shape index (κ3) is 3.75. The Kier molecular flexibility index (Phi) is 6.56. The van der Waals surface area contributed by atoms with Gasteiger partial charge in [-0.3, -0.25) is 4.79 Å². The van der Waals surface area contributed by atoms with Crippen LogP contribution in [0.25, 0.3) is 0 Å². The predicted molar refractivity (Wildman–Crippen MR) is 81.1 cm³/mol. The zero-order valence-electron chi connectivity index (χ0n) is 13.0. The van der Waals surface area contributed by atoms with Crippen LogP contribution in [0.2, 0.25) is 0 Å². The van der Waals surface area contributed by atoms with Crippen molar-refractivity contribution in [3.05, 3.63) is 29.3 Å². The summed E-state index contributed by atoms with van der Waals surface area (Å²) in [6.45, 7) is 8.50. The number of ether oxygens (including phenoxy) is 1. The fourth-order valence-electron chi connectivity index (χ4n) is 2.30. The highest BCUT2D eigenvalue weighted by Crippen LogP contribution is 2.36. The summed E-state index contributed by atoms with van der Waals surface area (Å²) in [6, 6.07) is 5.66. The van der Waals surface area contributed by atoms with Crippen molar-refractivity contribution in [2.45, 2.75) is 58.8 Å². The Labute approximate surface area is 122 Å². The predicted octanol–water partition coefficient (Wildman–Crippen LogP) is 4.35. The fraction of sp³-hybridized carbons (Fsp3) is 0.588. The van der Waals surface area contributed by atoms with Gasteiger partial charge < -0.3 is 9.84 Å². The number of para-hydroxylation sites is 1. The van der Waals surface area contributed by atoms with Crippen LogP contribution < -0.4 is 0 Å². The van der Waals surface area contributed by atoms with Crippen molar-refractivity contribution >= 4 is 5.97 Å². The van der Waals surface area contributed by atoms with E-state index >= 15 is 0 Å². The van der Waals surface area contributed by atoms with Gasteiger partial charge in [0.1, 0.15) is 5.75 Å². The first-order valence-corrected chi connectivity index (χ1v) is 7.55. The van der Waals surface area contributed by atoms with Gasteiger partial charge in [-0.25, -0.2) is 0 Å². The maximum atomic E-state index is 12.1. The van der Waals surface area contributed by atoms with Gasteiger partial charge >= 0.3 is 5.97 Å². The molecule has 0 amide bonds. The Morgan fingerprint density at radius 2 is 1.85 bits per heavy atom. The summed E-state index contributed by atoms with van der Waals surface area (Å²) >= 11 is 0. The van der Waals surface area contributed by atoms with Crippen molar-refractivity contribution in [1.29, 1.82) is 0 Å². The summed E-state index contributed by atoms with van der Waals surface area (Å²) < 4.78 is 5.23. The maximum absolute atomic E-state index is 12.1. The van der Waals surface area contributed by atoms with Crippen molar-refractivity contribution in [2.75, 3.05) is 6.61 Å². The second-order valence-corrected chi connectivity index (χ2v) is 5.22. The quantitative estimate of drug-likeness (QED) is 0.754. The zero-order chi connectivity index (χ0) is 15.1. The maximum Gasteiger partial charge on any atom is 0.313 e. The molecular weight excluding hydrogens is 252 g/mol. The van der Waals surface area contributed by atoms with Crippen molar-refractivity contribution in [3.63, 3.8) is 0 Å². The van der Waals surface area contributed by atoms with Crippen LogP contribution in [0.1, 0.15) is 69.9 Å². The molecule has 1 rings (SSSR count). The van der Waals surface area contributed by atoms with Crippen LogP contribution in [0.4, 0.5) is 0 Å². The zero-order valence-corrected chi connectivity index (χ0v) is 13.0. The number of esters is 1. The van der Waals surface area contributed by atoms with Crippen LogP contribution >= 0.6 is 0 Å². The molecule has 0 radical (unpaired) electrons. The molecule has 1 aromatic rings. The highest BCUT2D eigenvalue weighted by Gasteiger charge is 2.25. The molecule has 20 heavy (non-hydrogen) atoms. The van der Waals surface area contributed by atoms with Crippen LogP contribution in [0.3, 0.4) is 0 Å². The van der Waals surface area contributed by atoms with E-state index in [1.807, 2.05) is 32.0 Å². The number of carbonyl (C=O) groups is 1. The van der Waals surface area contributed by atoms with Gasteiger partial charge in [-0.05, 0) is 30.7 Å². The molecule has 3 heteroatoms. The van der Waals surface area contributed by atoms with Crippen molar-refractivity contribution in [2.24, 2.45) is 0 Å². The molecule has 112 valence electrons. The molecule has 0 spiro atoms. The number of aromatic hydroxyl groups is 1. The minimum Gasteiger partial charge on any atom is -0.507 e. The Morgan fingerprint density at radius 1 is 1.20 bits per heavy atom. The SMILES string of the molecule is CCCOC(=O)C(CC)c1cccc(C(C)CC)c1O. The first-order valence-electron chi connectivity index (χ1n) is 7.55. The van der Waals surface area contributed by atoms with E-state index in [0.717, 1.165) is 18.4 Å². The molecule has 0 aliphatic rings. The third-order valence-corrected chi connectivity index (χ3v) is 3.76. The van der Waals surface area contributed by atoms with Gasteiger partial charge in [-0.1, -0.05) is 45.9 Å². The lowest BCUT2D eigenvalue weighted by Crippen LogP contribution is -2.16. The number of phenols is 1. The van der Waals surface area contributed by atoms with Gasteiger partial charge in [0.15, 0.2) is 0 Å². The summed E-state index contributed by atoms with van der Waals surface area (Å²) in [7, 11) is 0. The molecule has 0 aliphatic heterocycles. The highest BCUT2D eigenvalue weighted by molar-refractivity contribution is 5.79. The molecule has 1 aromatic carbocycles. The first-order chi connectivity index (χ1) is 9.56. The van der Waals surface area contributed by atoms with E-state index in [2.05, 4.69) is 13.8 Å². The van der Waals surface area contributed by atoms with Crippen molar-refractivity contribution < 1.29 is 14.6 Å². The molecule has 2 atom stereocenters. The van der Waals surface area contributed by atoms with Gasteiger partial charge in [0, 0.05) is 5.56 Å². The summed E-state index contributed by atoms with van der Waals surface area (Å²) in [4.78, 5) is 12.1. The number of hydrogen-bond donors (Lipinski definition) is 1. The lowest BCUT2D eigenvalue weighted by atomic mass is 9.89. The molecule has 0 aliphatic carbocycles. The first kappa shape index (κ1) is 16.5. The summed E-state index contributed by atoms with van der Waals surface area (Å²) in [5.41, 5.74) is 1.60. The Balaban J connectivity index is 3.07.